The molecular weight excluding hydrogens is 419 g/mol. The number of halogens is 3. The molecule has 5 rings (SSSR count). The number of hydrogen-bond acceptors (Lipinski definition) is 4. The maximum absolute atomic E-state index is 13.1. The fraction of sp³-hybridized carbons (Fsp3) is 0.560. The monoisotopic (exact) mass is 447 g/mol. The summed E-state index contributed by atoms with van der Waals surface area (Å²) in [5.41, 5.74) is 2.95. The summed E-state index contributed by atoms with van der Waals surface area (Å²) < 4.78 is 45.9. The summed E-state index contributed by atoms with van der Waals surface area (Å²) in [6, 6.07) is 5.04. The number of fused-ring (bicyclic) bond motifs is 4. The first-order valence-electron chi connectivity index (χ1n) is 11.2. The molecule has 1 aromatic carbocycles. The van der Waals surface area contributed by atoms with E-state index in [1.807, 2.05) is 0 Å². The van der Waals surface area contributed by atoms with Crippen LogP contribution in [-0.2, 0) is 29.5 Å². The fourth-order valence-electron chi connectivity index (χ4n) is 5.99. The molecule has 2 N–H and O–H groups in total. The molecule has 3 aliphatic rings. The van der Waals surface area contributed by atoms with Crippen molar-refractivity contribution >= 4 is 0 Å². The minimum absolute atomic E-state index is 0.116. The molecule has 7 heteroatoms. The molecule has 2 unspecified atom stereocenters. The molecule has 1 aliphatic heterocycles. The van der Waals surface area contributed by atoms with E-state index in [1.54, 1.807) is 0 Å². The zero-order valence-corrected chi connectivity index (χ0v) is 18.3. The third kappa shape index (κ3) is 3.37. The Morgan fingerprint density at radius 3 is 2.34 bits per heavy atom. The second-order valence-electron chi connectivity index (χ2n) is 10.2. The van der Waals surface area contributed by atoms with Gasteiger partial charge >= 0.3 is 6.18 Å². The van der Waals surface area contributed by atoms with Gasteiger partial charge in [0, 0.05) is 16.8 Å². The number of rotatable bonds is 2. The van der Waals surface area contributed by atoms with Crippen LogP contribution in [0.4, 0.5) is 13.2 Å². The number of pyridine rings is 1. The molecule has 0 radical (unpaired) electrons. The zero-order valence-electron chi connectivity index (χ0n) is 18.3. The number of aromatic nitrogens is 1. The summed E-state index contributed by atoms with van der Waals surface area (Å²) in [6.45, 7) is 3.90. The number of nitrogens with zero attached hydrogens (tertiary/aromatic N) is 1. The van der Waals surface area contributed by atoms with Crippen LogP contribution in [0.3, 0.4) is 0 Å². The van der Waals surface area contributed by atoms with Gasteiger partial charge in [0.2, 0.25) is 0 Å². The van der Waals surface area contributed by atoms with Gasteiger partial charge in [0.25, 0.3) is 0 Å². The number of ether oxygens (including phenoxy) is 1. The van der Waals surface area contributed by atoms with E-state index in [2.05, 4.69) is 13.8 Å². The summed E-state index contributed by atoms with van der Waals surface area (Å²) in [4.78, 5) is 4.77. The Hall–Kier alpha value is -1.96. The molecule has 2 atom stereocenters. The predicted molar refractivity (Wildman–Crippen MR) is 112 cm³/mol. The van der Waals surface area contributed by atoms with Gasteiger partial charge in [-0.2, -0.15) is 13.2 Å². The third-order valence-electron chi connectivity index (χ3n) is 7.32. The Kier molecular flexibility index (Phi) is 4.97. The van der Waals surface area contributed by atoms with Crippen molar-refractivity contribution in [3.63, 3.8) is 0 Å². The van der Waals surface area contributed by atoms with Crippen molar-refractivity contribution < 1.29 is 28.1 Å². The fourth-order valence-corrected chi connectivity index (χ4v) is 5.99. The minimum Gasteiger partial charge on any atom is -0.390 e. The van der Waals surface area contributed by atoms with Gasteiger partial charge in [-0.1, -0.05) is 38.8 Å². The van der Waals surface area contributed by atoms with E-state index < -0.39 is 29.5 Å². The highest BCUT2D eigenvalue weighted by Crippen LogP contribution is 2.59. The maximum Gasteiger partial charge on any atom is 0.416 e. The molecule has 0 saturated heterocycles. The van der Waals surface area contributed by atoms with E-state index >= 15 is 0 Å². The van der Waals surface area contributed by atoms with Crippen LogP contribution in [0.25, 0.3) is 0 Å². The molecule has 0 bridgehead atoms. The molecule has 1 fully saturated rings. The summed E-state index contributed by atoms with van der Waals surface area (Å²) in [7, 11) is 0. The van der Waals surface area contributed by atoms with Gasteiger partial charge in [0.15, 0.2) is 0 Å². The third-order valence-corrected chi connectivity index (χ3v) is 7.32. The standard InChI is InChI=1S/C25H28F3NO3/c1-23(2)11-16-19(18(31)12-23)21-20(17(13-30)29-16)22(32-24(21)9-3-4-10-24)14-5-7-15(8-6-14)25(26,27)28/h5-8,18,22,30-31H,3-4,9-13H2,1-2H3. The number of aliphatic hydroxyl groups is 2. The number of alkyl halides is 3. The van der Waals surface area contributed by atoms with Crippen molar-refractivity contribution in [1.82, 2.24) is 4.98 Å². The van der Waals surface area contributed by atoms with Crippen LogP contribution in [0.5, 0.6) is 0 Å². The van der Waals surface area contributed by atoms with Gasteiger partial charge in [0.1, 0.15) is 6.10 Å². The van der Waals surface area contributed by atoms with E-state index in [1.165, 1.54) is 12.1 Å². The topological polar surface area (TPSA) is 62.6 Å². The largest absolute Gasteiger partial charge is 0.416 e. The smallest absolute Gasteiger partial charge is 0.390 e. The van der Waals surface area contributed by atoms with Gasteiger partial charge in [-0.05, 0) is 54.4 Å². The molecule has 0 amide bonds. The van der Waals surface area contributed by atoms with Crippen LogP contribution in [0.2, 0.25) is 0 Å². The molecular formula is C25H28F3NO3. The Balaban J connectivity index is 1.70. The van der Waals surface area contributed by atoms with Gasteiger partial charge < -0.3 is 14.9 Å². The average molecular weight is 447 g/mol. The summed E-state index contributed by atoms with van der Waals surface area (Å²) in [5, 5.41) is 21.4. The summed E-state index contributed by atoms with van der Waals surface area (Å²) in [6.07, 6.45) is -0.883. The first-order valence-corrected chi connectivity index (χ1v) is 11.2. The van der Waals surface area contributed by atoms with Gasteiger partial charge in [0.05, 0.1) is 29.6 Å². The molecule has 32 heavy (non-hydrogen) atoms. The normalized spacial score (nSPS) is 25.7. The Bertz CT molecular complexity index is 1040. The van der Waals surface area contributed by atoms with E-state index in [9.17, 15) is 23.4 Å². The second-order valence-corrected chi connectivity index (χ2v) is 10.2. The minimum atomic E-state index is -4.41. The van der Waals surface area contributed by atoms with Crippen molar-refractivity contribution in [2.24, 2.45) is 5.41 Å². The Labute approximate surface area is 185 Å². The molecule has 4 nitrogen and oxygen atoms in total. The van der Waals surface area contributed by atoms with Crippen LogP contribution in [0.1, 0.15) is 97.4 Å². The summed E-state index contributed by atoms with van der Waals surface area (Å²) >= 11 is 0. The van der Waals surface area contributed by atoms with Crippen LogP contribution in [-0.4, -0.2) is 15.2 Å². The SMILES string of the molecule is CC1(C)Cc2nc(CO)c3c(c2C(O)C1)C1(CCCC1)OC3c1ccc(C(F)(F)F)cc1. The van der Waals surface area contributed by atoms with E-state index in [0.29, 0.717) is 24.1 Å². The lowest BCUT2D eigenvalue weighted by Gasteiger charge is -2.37. The molecule has 1 spiro atoms. The highest BCUT2D eigenvalue weighted by Gasteiger charge is 2.52. The van der Waals surface area contributed by atoms with Crippen LogP contribution in [0, 0.1) is 5.41 Å². The summed E-state index contributed by atoms with van der Waals surface area (Å²) in [5.74, 6) is 0. The lowest BCUT2D eigenvalue weighted by atomic mass is 9.71. The molecule has 2 heterocycles. The van der Waals surface area contributed by atoms with E-state index in [0.717, 1.165) is 60.2 Å². The predicted octanol–water partition coefficient (Wildman–Crippen LogP) is 5.49. The van der Waals surface area contributed by atoms with Crippen molar-refractivity contribution in [2.45, 2.75) is 83.0 Å². The molecule has 1 saturated carbocycles. The van der Waals surface area contributed by atoms with Crippen molar-refractivity contribution in [2.75, 3.05) is 0 Å². The van der Waals surface area contributed by atoms with E-state index in [4.69, 9.17) is 9.72 Å². The highest BCUT2D eigenvalue weighted by atomic mass is 19.4. The second kappa shape index (κ2) is 7.27. The van der Waals surface area contributed by atoms with Crippen molar-refractivity contribution in [1.29, 1.82) is 0 Å². The van der Waals surface area contributed by atoms with Gasteiger partial charge in [-0.15, -0.1) is 0 Å². The zero-order chi connectivity index (χ0) is 22.9. The van der Waals surface area contributed by atoms with Crippen LogP contribution < -0.4 is 0 Å². The van der Waals surface area contributed by atoms with Crippen molar-refractivity contribution in [3.8, 4) is 0 Å². The lowest BCUT2D eigenvalue weighted by molar-refractivity contribution is -0.137. The number of hydrogen-bond donors (Lipinski definition) is 2. The Morgan fingerprint density at radius 2 is 1.75 bits per heavy atom. The van der Waals surface area contributed by atoms with Crippen LogP contribution in [0.15, 0.2) is 24.3 Å². The maximum atomic E-state index is 13.1. The van der Waals surface area contributed by atoms with E-state index in [-0.39, 0.29) is 12.0 Å². The van der Waals surface area contributed by atoms with Gasteiger partial charge in [-0.25, -0.2) is 0 Å². The lowest BCUT2D eigenvalue weighted by Crippen LogP contribution is -2.31. The highest BCUT2D eigenvalue weighted by molar-refractivity contribution is 5.54. The Morgan fingerprint density at radius 1 is 1.09 bits per heavy atom. The molecule has 2 aliphatic carbocycles. The van der Waals surface area contributed by atoms with Gasteiger partial charge in [-0.3, -0.25) is 4.98 Å². The number of benzene rings is 1. The molecule has 2 aromatic rings. The van der Waals surface area contributed by atoms with Crippen LogP contribution >= 0.6 is 0 Å². The first-order chi connectivity index (χ1) is 15.0. The van der Waals surface area contributed by atoms with Crippen molar-refractivity contribution in [3.05, 3.63) is 63.5 Å². The number of aliphatic hydroxyl groups excluding tert-OH is 2. The average Bonchev–Trinajstić information content (AvgIpc) is 3.31. The quantitative estimate of drug-likeness (QED) is 0.639. The molecule has 1 aromatic heterocycles. The first kappa shape index (κ1) is 21.9. The molecule has 172 valence electrons.